The summed E-state index contributed by atoms with van der Waals surface area (Å²) in [4.78, 5) is 15.4. The summed E-state index contributed by atoms with van der Waals surface area (Å²) in [7, 11) is 1.94. The Morgan fingerprint density at radius 2 is 1.77 bits per heavy atom. The zero-order valence-corrected chi connectivity index (χ0v) is 17.7. The molecular formula is C26H26N4O. The van der Waals surface area contributed by atoms with Crippen LogP contribution in [0.25, 0.3) is 10.8 Å². The minimum absolute atomic E-state index is 0.104. The number of aryl methyl sites for hydroxylation is 1. The number of hydrogen-bond acceptors (Lipinski definition) is 3. The molecule has 1 aliphatic heterocycles. The second kappa shape index (κ2) is 8.36. The number of hydrogen-bond donors (Lipinski definition) is 1. The van der Waals surface area contributed by atoms with Crippen molar-refractivity contribution in [3.63, 3.8) is 0 Å². The summed E-state index contributed by atoms with van der Waals surface area (Å²) < 4.78 is 1.88. The van der Waals surface area contributed by atoms with E-state index in [1.165, 1.54) is 22.0 Å². The Morgan fingerprint density at radius 3 is 2.65 bits per heavy atom. The number of nitrogens with zero attached hydrogens (tertiary/aromatic N) is 3. The lowest BCUT2D eigenvalue weighted by atomic mass is 10.0. The molecule has 0 bridgehead atoms. The lowest BCUT2D eigenvalue weighted by Crippen LogP contribution is -2.32. The third kappa shape index (κ3) is 3.97. The Kier molecular flexibility index (Phi) is 5.26. The van der Waals surface area contributed by atoms with Gasteiger partial charge in [0, 0.05) is 50.9 Å². The van der Waals surface area contributed by atoms with Crippen molar-refractivity contribution in [2.75, 3.05) is 6.54 Å². The summed E-state index contributed by atoms with van der Waals surface area (Å²) in [6, 6.07) is 25.0. The molecule has 156 valence electrons. The summed E-state index contributed by atoms with van der Waals surface area (Å²) in [5.74, 6) is -0.104. The van der Waals surface area contributed by atoms with Crippen LogP contribution in [0.1, 0.15) is 32.9 Å². The summed E-state index contributed by atoms with van der Waals surface area (Å²) >= 11 is 0. The molecule has 0 saturated heterocycles. The maximum Gasteiger partial charge on any atom is 0.272 e. The molecule has 0 atom stereocenters. The van der Waals surface area contributed by atoms with E-state index in [0.717, 1.165) is 37.2 Å². The first-order chi connectivity index (χ1) is 15.2. The Morgan fingerprint density at radius 1 is 1.00 bits per heavy atom. The molecule has 0 unspecified atom stereocenters. The van der Waals surface area contributed by atoms with Crippen LogP contribution in [0, 0.1) is 0 Å². The van der Waals surface area contributed by atoms with E-state index in [-0.39, 0.29) is 5.91 Å². The van der Waals surface area contributed by atoms with Crippen LogP contribution in [0.2, 0.25) is 0 Å². The van der Waals surface area contributed by atoms with Gasteiger partial charge in [-0.15, -0.1) is 0 Å². The number of carbonyl (C=O) groups excluding carboxylic acids is 1. The van der Waals surface area contributed by atoms with Crippen molar-refractivity contribution in [3.8, 4) is 0 Å². The molecule has 1 aromatic heterocycles. The van der Waals surface area contributed by atoms with Gasteiger partial charge in [0.15, 0.2) is 5.69 Å². The van der Waals surface area contributed by atoms with Crippen LogP contribution >= 0.6 is 0 Å². The highest BCUT2D eigenvalue weighted by molar-refractivity contribution is 5.94. The SMILES string of the molecule is Cn1nc(C(=O)NCc2ccccc2)c2c1CCN(Cc1cccc3ccccc13)C2. The maximum absolute atomic E-state index is 12.9. The molecule has 1 N–H and O–H groups in total. The van der Waals surface area contributed by atoms with Gasteiger partial charge < -0.3 is 5.32 Å². The van der Waals surface area contributed by atoms with Crippen LogP contribution in [-0.4, -0.2) is 27.1 Å². The first-order valence-corrected chi connectivity index (χ1v) is 10.7. The largest absolute Gasteiger partial charge is 0.347 e. The zero-order valence-electron chi connectivity index (χ0n) is 17.7. The highest BCUT2D eigenvalue weighted by Gasteiger charge is 2.27. The second-order valence-corrected chi connectivity index (χ2v) is 8.16. The normalized spacial score (nSPS) is 13.8. The van der Waals surface area contributed by atoms with Crippen LogP contribution < -0.4 is 5.32 Å². The Labute approximate surface area is 182 Å². The van der Waals surface area contributed by atoms with E-state index >= 15 is 0 Å². The number of rotatable bonds is 5. The van der Waals surface area contributed by atoms with E-state index in [9.17, 15) is 4.79 Å². The Hall–Kier alpha value is -3.44. The molecule has 0 aliphatic carbocycles. The molecule has 5 nitrogen and oxygen atoms in total. The fourth-order valence-corrected chi connectivity index (χ4v) is 4.50. The second-order valence-electron chi connectivity index (χ2n) is 8.16. The van der Waals surface area contributed by atoms with Crippen molar-refractivity contribution in [3.05, 3.63) is 101 Å². The van der Waals surface area contributed by atoms with Crippen LogP contribution in [0.4, 0.5) is 0 Å². The average molecular weight is 411 g/mol. The molecule has 1 aliphatic rings. The van der Waals surface area contributed by atoms with Crippen LogP contribution in [0.3, 0.4) is 0 Å². The molecule has 2 heterocycles. The van der Waals surface area contributed by atoms with Gasteiger partial charge in [-0.25, -0.2) is 0 Å². The molecule has 31 heavy (non-hydrogen) atoms. The fourth-order valence-electron chi connectivity index (χ4n) is 4.50. The van der Waals surface area contributed by atoms with Crippen molar-refractivity contribution in [1.82, 2.24) is 20.0 Å². The number of amides is 1. The first-order valence-electron chi connectivity index (χ1n) is 10.7. The Balaban J connectivity index is 1.35. The molecular weight excluding hydrogens is 384 g/mol. The van der Waals surface area contributed by atoms with Gasteiger partial charge in [-0.05, 0) is 21.9 Å². The average Bonchev–Trinajstić information content (AvgIpc) is 3.14. The zero-order chi connectivity index (χ0) is 21.2. The monoisotopic (exact) mass is 410 g/mol. The van der Waals surface area contributed by atoms with Crippen molar-refractivity contribution >= 4 is 16.7 Å². The smallest absolute Gasteiger partial charge is 0.272 e. The predicted molar refractivity (Wildman–Crippen MR) is 123 cm³/mol. The van der Waals surface area contributed by atoms with Crippen LogP contribution in [-0.2, 0) is 33.1 Å². The van der Waals surface area contributed by atoms with E-state index in [2.05, 4.69) is 57.8 Å². The molecule has 3 aromatic carbocycles. The number of fused-ring (bicyclic) bond motifs is 2. The third-order valence-electron chi connectivity index (χ3n) is 6.11. The summed E-state index contributed by atoms with van der Waals surface area (Å²) in [6.45, 7) is 3.06. The van der Waals surface area contributed by atoms with Gasteiger partial charge in [0.25, 0.3) is 5.91 Å². The van der Waals surface area contributed by atoms with E-state index in [1.807, 2.05) is 42.1 Å². The number of carbonyl (C=O) groups is 1. The van der Waals surface area contributed by atoms with Gasteiger partial charge in [0.05, 0.1) is 0 Å². The molecule has 0 radical (unpaired) electrons. The Bertz CT molecular complexity index is 1220. The van der Waals surface area contributed by atoms with Crippen molar-refractivity contribution < 1.29 is 4.79 Å². The molecule has 0 spiro atoms. The van der Waals surface area contributed by atoms with Gasteiger partial charge in [0.2, 0.25) is 0 Å². The molecule has 5 rings (SSSR count). The molecule has 4 aromatic rings. The molecule has 0 saturated carbocycles. The lowest BCUT2D eigenvalue weighted by Gasteiger charge is -2.28. The van der Waals surface area contributed by atoms with Crippen molar-refractivity contribution in [2.24, 2.45) is 7.05 Å². The van der Waals surface area contributed by atoms with Crippen molar-refractivity contribution in [1.29, 1.82) is 0 Å². The lowest BCUT2D eigenvalue weighted by molar-refractivity contribution is 0.0943. The highest BCUT2D eigenvalue weighted by atomic mass is 16.1. The van der Waals surface area contributed by atoms with Gasteiger partial charge in [-0.2, -0.15) is 5.10 Å². The summed E-state index contributed by atoms with van der Waals surface area (Å²) in [6.07, 6.45) is 0.898. The molecule has 5 heteroatoms. The molecule has 0 fully saturated rings. The van der Waals surface area contributed by atoms with Crippen LogP contribution in [0.15, 0.2) is 72.8 Å². The minimum Gasteiger partial charge on any atom is -0.347 e. The van der Waals surface area contributed by atoms with Crippen LogP contribution in [0.5, 0.6) is 0 Å². The summed E-state index contributed by atoms with van der Waals surface area (Å²) in [5, 5.41) is 10.2. The maximum atomic E-state index is 12.9. The highest BCUT2D eigenvalue weighted by Crippen LogP contribution is 2.26. The van der Waals surface area contributed by atoms with Gasteiger partial charge in [-0.3, -0.25) is 14.4 Å². The molecule has 1 amide bonds. The van der Waals surface area contributed by atoms with E-state index in [0.29, 0.717) is 12.2 Å². The summed E-state index contributed by atoms with van der Waals surface area (Å²) in [5.41, 5.74) is 5.17. The fraction of sp³-hybridized carbons (Fsp3) is 0.231. The van der Waals surface area contributed by atoms with Crippen molar-refractivity contribution in [2.45, 2.75) is 26.1 Å². The quantitative estimate of drug-likeness (QED) is 0.540. The van der Waals surface area contributed by atoms with E-state index < -0.39 is 0 Å². The van der Waals surface area contributed by atoms with Gasteiger partial charge in [-0.1, -0.05) is 72.8 Å². The van der Waals surface area contributed by atoms with Gasteiger partial charge >= 0.3 is 0 Å². The number of nitrogens with one attached hydrogen (secondary N) is 1. The first kappa shape index (κ1) is 19.5. The van der Waals surface area contributed by atoms with E-state index in [4.69, 9.17) is 0 Å². The standard InChI is InChI=1S/C26H26N4O/c1-29-24-14-15-30(17-21-12-7-11-20-10-5-6-13-22(20)21)18-23(24)25(28-29)26(31)27-16-19-8-3-2-4-9-19/h2-13H,14-18H2,1H3,(H,27,31). The van der Waals surface area contributed by atoms with Gasteiger partial charge in [0.1, 0.15) is 0 Å². The third-order valence-corrected chi connectivity index (χ3v) is 6.11. The minimum atomic E-state index is -0.104. The van der Waals surface area contributed by atoms with E-state index in [1.54, 1.807) is 0 Å². The number of aromatic nitrogens is 2. The number of benzene rings is 3. The topological polar surface area (TPSA) is 50.2 Å². The predicted octanol–water partition coefficient (Wildman–Crippen LogP) is 4.06.